The zero-order chi connectivity index (χ0) is 21.4. The number of alkyl halides is 2. The van der Waals surface area contributed by atoms with Gasteiger partial charge in [-0.05, 0) is 30.3 Å². The van der Waals surface area contributed by atoms with Gasteiger partial charge in [-0.2, -0.15) is 13.8 Å². The van der Waals surface area contributed by atoms with Crippen molar-refractivity contribution in [2.45, 2.75) is 6.11 Å². The summed E-state index contributed by atoms with van der Waals surface area (Å²) < 4.78 is 42.9. The molecule has 0 aliphatic carbocycles. The van der Waals surface area contributed by atoms with Crippen LogP contribution in [0.5, 0.6) is 17.2 Å². The van der Waals surface area contributed by atoms with E-state index in [-0.39, 0.29) is 11.7 Å². The molecule has 0 saturated heterocycles. The van der Waals surface area contributed by atoms with Gasteiger partial charge in [0.05, 0.1) is 5.69 Å². The maximum atomic E-state index is 13.6. The van der Waals surface area contributed by atoms with E-state index in [0.29, 0.717) is 42.0 Å². The molecule has 0 radical (unpaired) electrons. The third-order valence-electron chi connectivity index (χ3n) is 4.48. The Hall–Kier alpha value is -4.15. The van der Waals surface area contributed by atoms with Crippen molar-refractivity contribution in [1.29, 1.82) is 0 Å². The van der Waals surface area contributed by atoms with Crippen LogP contribution in [0.3, 0.4) is 0 Å². The molecule has 2 aromatic carbocycles. The molecule has 158 valence electrons. The summed E-state index contributed by atoms with van der Waals surface area (Å²) in [5, 5.41) is 8.63. The van der Waals surface area contributed by atoms with Crippen molar-refractivity contribution >= 4 is 29.0 Å². The summed E-state index contributed by atoms with van der Waals surface area (Å²) in [6, 6.07) is 10.00. The number of fused-ring (bicyclic) bond motifs is 2. The molecule has 11 heteroatoms. The molecule has 3 heterocycles. The van der Waals surface area contributed by atoms with Gasteiger partial charge in [0, 0.05) is 17.4 Å². The fourth-order valence-corrected chi connectivity index (χ4v) is 3.03. The highest BCUT2D eigenvalue weighted by Crippen LogP contribution is 2.40. The summed E-state index contributed by atoms with van der Waals surface area (Å²) in [6.45, 7) is 4.30. The van der Waals surface area contributed by atoms with Gasteiger partial charge < -0.3 is 30.2 Å². The van der Waals surface area contributed by atoms with E-state index in [4.69, 9.17) is 9.47 Å². The first kappa shape index (κ1) is 18.9. The molecule has 2 aliphatic rings. The van der Waals surface area contributed by atoms with E-state index in [0.717, 1.165) is 5.69 Å². The maximum absolute atomic E-state index is 13.6. The minimum absolute atomic E-state index is 0.0135. The lowest BCUT2D eigenvalue weighted by atomic mass is 10.2. The molecule has 0 atom stereocenters. The molecule has 31 heavy (non-hydrogen) atoms. The molecule has 0 amide bonds. The number of aromatic nitrogens is 3. The van der Waals surface area contributed by atoms with Gasteiger partial charge >= 0.3 is 6.11 Å². The summed E-state index contributed by atoms with van der Waals surface area (Å²) in [5.41, 5.74) is 1.09. The van der Waals surface area contributed by atoms with Gasteiger partial charge in [-0.25, -0.2) is 9.97 Å². The van der Waals surface area contributed by atoms with E-state index in [1.165, 1.54) is 12.4 Å². The van der Waals surface area contributed by atoms with Crippen LogP contribution in [0, 0.1) is 0 Å². The summed E-state index contributed by atoms with van der Waals surface area (Å²) in [7, 11) is 0. The van der Waals surface area contributed by atoms with Gasteiger partial charge in [0.1, 0.15) is 31.0 Å². The van der Waals surface area contributed by atoms with Crippen molar-refractivity contribution in [3.63, 3.8) is 0 Å². The standard InChI is InChI=1S/C20H16F2N6O3/c1-11-20(21,22)31-15-4-2-12(8-14(15)25-11)26-18-23-10-24-19(28-18)27-13-3-5-16-17(9-13)30-7-6-29-16/h2-5,8-10,25H,1,6-7H2,(H2,23,24,26,27,28). The Morgan fingerprint density at radius 3 is 2.29 bits per heavy atom. The average molecular weight is 426 g/mol. The van der Waals surface area contributed by atoms with Crippen LogP contribution in [-0.4, -0.2) is 34.3 Å². The van der Waals surface area contributed by atoms with Crippen LogP contribution in [0.2, 0.25) is 0 Å². The lowest BCUT2D eigenvalue weighted by Gasteiger charge is -2.28. The van der Waals surface area contributed by atoms with Crippen LogP contribution in [0.4, 0.5) is 37.7 Å². The topological polar surface area (TPSA) is 102 Å². The van der Waals surface area contributed by atoms with Gasteiger partial charge in [-0.1, -0.05) is 6.58 Å². The van der Waals surface area contributed by atoms with Gasteiger partial charge in [-0.15, -0.1) is 0 Å². The second kappa shape index (κ2) is 7.27. The van der Waals surface area contributed by atoms with Gasteiger partial charge in [0.2, 0.25) is 11.9 Å². The first-order chi connectivity index (χ1) is 15.0. The second-order valence-corrected chi connectivity index (χ2v) is 6.67. The van der Waals surface area contributed by atoms with Crippen LogP contribution in [-0.2, 0) is 0 Å². The lowest BCUT2D eigenvalue weighted by Crippen LogP contribution is -2.34. The molecule has 1 aromatic heterocycles. The minimum atomic E-state index is -3.47. The largest absolute Gasteiger partial charge is 0.486 e. The van der Waals surface area contributed by atoms with Crippen LogP contribution in [0.1, 0.15) is 0 Å². The highest BCUT2D eigenvalue weighted by Gasteiger charge is 2.40. The van der Waals surface area contributed by atoms with E-state index in [9.17, 15) is 8.78 Å². The van der Waals surface area contributed by atoms with Gasteiger partial charge in [-0.3, -0.25) is 0 Å². The number of hydrogen-bond donors (Lipinski definition) is 3. The molecule has 3 aromatic rings. The molecule has 3 N–H and O–H groups in total. The number of ether oxygens (including phenoxy) is 3. The number of benzene rings is 2. The van der Waals surface area contributed by atoms with Crippen LogP contribution in [0.15, 0.2) is 55.0 Å². The first-order valence-corrected chi connectivity index (χ1v) is 9.26. The van der Waals surface area contributed by atoms with Crippen LogP contribution in [0.25, 0.3) is 0 Å². The molecular formula is C20H16F2N6O3. The van der Waals surface area contributed by atoms with Crippen molar-refractivity contribution in [1.82, 2.24) is 15.0 Å². The summed E-state index contributed by atoms with van der Waals surface area (Å²) >= 11 is 0. The molecule has 0 bridgehead atoms. The highest BCUT2D eigenvalue weighted by atomic mass is 19.3. The zero-order valence-corrected chi connectivity index (χ0v) is 16.0. The Morgan fingerprint density at radius 1 is 0.903 bits per heavy atom. The third-order valence-corrected chi connectivity index (χ3v) is 4.48. The smallest absolute Gasteiger partial charge is 0.441 e. The molecule has 2 aliphatic heterocycles. The Morgan fingerprint density at radius 2 is 1.55 bits per heavy atom. The van der Waals surface area contributed by atoms with Crippen LogP contribution < -0.4 is 30.2 Å². The Kier molecular flexibility index (Phi) is 4.42. The molecule has 9 nitrogen and oxygen atoms in total. The number of hydrogen-bond acceptors (Lipinski definition) is 9. The summed E-state index contributed by atoms with van der Waals surface area (Å²) in [5.74, 6) is 1.90. The van der Waals surface area contributed by atoms with Crippen LogP contribution >= 0.6 is 0 Å². The molecule has 5 rings (SSSR count). The number of rotatable bonds is 4. The van der Waals surface area contributed by atoms with Crippen molar-refractivity contribution in [3.8, 4) is 17.2 Å². The van der Waals surface area contributed by atoms with Crippen molar-refractivity contribution in [2.24, 2.45) is 0 Å². The SMILES string of the molecule is C=C1Nc2cc(Nc3ncnc(Nc4ccc5c(c4)OCCO5)n3)ccc2OC1(F)F. The first-order valence-electron chi connectivity index (χ1n) is 9.26. The fourth-order valence-electron chi connectivity index (χ4n) is 3.03. The maximum Gasteiger partial charge on any atom is 0.441 e. The molecular weight excluding hydrogens is 410 g/mol. The predicted molar refractivity (Wildman–Crippen MR) is 109 cm³/mol. The average Bonchev–Trinajstić information content (AvgIpc) is 2.75. The molecule has 0 saturated carbocycles. The summed E-state index contributed by atoms with van der Waals surface area (Å²) in [4.78, 5) is 12.5. The number of anilines is 5. The Balaban J connectivity index is 1.32. The van der Waals surface area contributed by atoms with Gasteiger partial charge in [0.15, 0.2) is 11.5 Å². The van der Waals surface area contributed by atoms with Crippen molar-refractivity contribution < 1.29 is 23.0 Å². The lowest BCUT2D eigenvalue weighted by molar-refractivity contribution is -0.143. The highest BCUT2D eigenvalue weighted by molar-refractivity contribution is 5.70. The van der Waals surface area contributed by atoms with Crippen molar-refractivity contribution in [2.75, 3.05) is 29.2 Å². The zero-order valence-electron chi connectivity index (χ0n) is 16.0. The minimum Gasteiger partial charge on any atom is -0.486 e. The Labute approximate surface area is 175 Å². The molecule has 0 fully saturated rings. The fraction of sp³-hybridized carbons (Fsp3) is 0.150. The number of halogens is 2. The van der Waals surface area contributed by atoms with Crippen molar-refractivity contribution in [3.05, 3.63) is 55.0 Å². The van der Waals surface area contributed by atoms with E-state index in [2.05, 4.69) is 42.2 Å². The quantitative estimate of drug-likeness (QED) is 0.570. The molecule has 0 unspecified atom stereocenters. The predicted octanol–water partition coefficient (Wildman–Crippen LogP) is 4.04. The van der Waals surface area contributed by atoms with Gasteiger partial charge in [0.25, 0.3) is 0 Å². The molecule has 0 spiro atoms. The van der Waals surface area contributed by atoms with E-state index < -0.39 is 11.8 Å². The Bertz CT molecular complexity index is 1170. The summed E-state index contributed by atoms with van der Waals surface area (Å²) in [6.07, 6.45) is -2.12. The van der Waals surface area contributed by atoms with E-state index in [1.54, 1.807) is 24.3 Å². The number of nitrogens with zero attached hydrogens (tertiary/aromatic N) is 3. The third kappa shape index (κ3) is 3.84. The number of nitrogens with one attached hydrogen (secondary N) is 3. The monoisotopic (exact) mass is 426 g/mol. The van der Waals surface area contributed by atoms with E-state index >= 15 is 0 Å². The normalized spacial score (nSPS) is 15.9. The second-order valence-electron chi connectivity index (χ2n) is 6.67. The van der Waals surface area contributed by atoms with E-state index in [1.807, 2.05) is 6.07 Å².